The summed E-state index contributed by atoms with van der Waals surface area (Å²) in [7, 11) is -0.729. The molecular formula is C24H28ClN7O4S2. The van der Waals surface area contributed by atoms with Crippen molar-refractivity contribution in [1.29, 1.82) is 0 Å². The van der Waals surface area contributed by atoms with Crippen molar-refractivity contribution in [3.63, 3.8) is 0 Å². The van der Waals surface area contributed by atoms with E-state index in [0.29, 0.717) is 47.1 Å². The molecule has 2 aromatic carbocycles. The molecule has 0 saturated heterocycles. The Kier molecular flexibility index (Phi) is 9.80. The molecule has 0 aliphatic rings. The Hall–Kier alpha value is -3.52. The first kappa shape index (κ1) is 29.0. The van der Waals surface area contributed by atoms with Gasteiger partial charge < -0.3 is 20.1 Å². The van der Waals surface area contributed by atoms with Crippen molar-refractivity contribution in [2.24, 2.45) is 10.1 Å². The molecule has 0 saturated carbocycles. The number of guanidine groups is 1. The summed E-state index contributed by atoms with van der Waals surface area (Å²) in [4.78, 5) is 13.4. The largest absolute Gasteiger partial charge is 0.495 e. The first-order valence-corrected chi connectivity index (χ1v) is 13.6. The molecular weight excluding hydrogens is 550 g/mol. The highest BCUT2D eigenvalue weighted by molar-refractivity contribution is 7.89. The summed E-state index contributed by atoms with van der Waals surface area (Å²) < 4.78 is 33.6. The smallest absolute Gasteiger partial charge is 0.238 e. The van der Waals surface area contributed by atoms with Gasteiger partial charge in [0.25, 0.3) is 0 Å². The first-order chi connectivity index (χ1) is 18.0. The number of halogens is 1. The number of nitrogens with zero attached hydrogens (tertiary/aromatic N) is 3. The average molecular weight is 578 g/mol. The molecule has 0 unspecified atom stereocenters. The Morgan fingerprint density at radius 3 is 2.24 bits per heavy atom. The summed E-state index contributed by atoms with van der Waals surface area (Å²) in [6, 6.07) is 11.4. The molecule has 0 fully saturated rings. The van der Waals surface area contributed by atoms with Gasteiger partial charge in [-0.25, -0.2) is 23.5 Å². The molecule has 11 nitrogen and oxygen atoms in total. The Morgan fingerprint density at radius 2 is 1.66 bits per heavy atom. The number of rotatable bonds is 8. The predicted molar refractivity (Wildman–Crippen MR) is 153 cm³/mol. The Labute approximate surface area is 231 Å². The number of aryl methyl sites for hydroxylation is 2. The monoisotopic (exact) mass is 577 g/mol. The quantitative estimate of drug-likeness (QED) is 0.178. The number of hydrogen-bond donors (Lipinski definition) is 4. The lowest BCUT2D eigenvalue weighted by Gasteiger charge is -2.17. The number of nitrogens with two attached hydrogens (primary N) is 1. The third-order valence-electron chi connectivity index (χ3n) is 5.09. The third-order valence-corrected chi connectivity index (χ3v) is 6.52. The van der Waals surface area contributed by atoms with Gasteiger partial charge in [0.15, 0.2) is 5.11 Å². The Morgan fingerprint density at radius 1 is 1.03 bits per heavy atom. The fourth-order valence-corrected chi connectivity index (χ4v) is 4.31. The second kappa shape index (κ2) is 12.8. The van der Waals surface area contributed by atoms with Gasteiger partial charge in [0, 0.05) is 30.1 Å². The van der Waals surface area contributed by atoms with Crippen molar-refractivity contribution in [3.8, 4) is 11.5 Å². The van der Waals surface area contributed by atoms with E-state index in [4.69, 9.17) is 38.4 Å². The van der Waals surface area contributed by atoms with E-state index in [1.807, 2.05) is 19.9 Å². The molecule has 38 heavy (non-hydrogen) atoms. The highest BCUT2D eigenvalue weighted by atomic mass is 35.5. The van der Waals surface area contributed by atoms with Gasteiger partial charge in [-0.1, -0.05) is 23.7 Å². The molecule has 0 spiro atoms. The normalized spacial score (nSPS) is 11.6. The molecule has 3 aromatic rings. The average Bonchev–Trinajstić information content (AvgIpc) is 2.83. The van der Waals surface area contributed by atoms with Crippen molar-refractivity contribution < 1.29 is 17.9 Å². The van der Waals surface area contributed by atoms with Gasteiger partial charge in [-0.05, 0) is 56.2 Å². The van der Waals surface area contributed by atoms with Crippen LogP contribution in [0.15, 0.2) is 52.4 Å². The number of benzene rings is 2. The van der Waals surface area contributed by atoms with Crippen molar-refractivity contribution in [3.05, 3.63) is 64.4 Å². The fraction of sp³-hybridized carbons (Fsp3) is 0.250. The van der Waals surface area contributed by atoms with Gasteiger partial charge in [-0.2, -0.15) is 0 Å². The van der Waals surface area contributed by atoms with Crippen LogP contribution >= 0.6 is 23.8 Å². The molecule has 3 rings (SSSR count). The number of nitrogens with one attached hydrogen (secondary N) is 3. The fourth-order valence-electron chi connectivity index (χ4n) is 3.36. The highest BCUT2D eigenvalue weighted by Crippen LogP contribution is 2.35. The van der Waals surface area contributed by atoms with E-state index in [1.54, 1.807) is 24.3 Å². The summed E-state index contributed by atoms with van der Waals surface area (Å²) >= 11 is 11.7. The number of anilines is 2. The molecule has 1 aromatic heterocycles. The van der Waals surface area contributed by atoms with Gasteiger partial charge in [0.2, 0.25) is 21.9 Å². The lowest BCUT2D eigenvalue weighted by molar-refractivity contribution is 0.405. The van der Waals surface area contributed by atoms with Crippen molar-refractivity contribution >= 4 is 56.5 Å². The van der Waals surface area contributed by atoms with Gasteiger partial charge in [-0.3, -0.25) is 10.3 Å². The minimum Gasteiger partial charge on any atom is -0.495 e. The van der Waals surface area contributed by atoms with Crippen LogP contribution in [0.4, 0.5) is 11.6 Å². The van der Waals surface area contributed by atoms with Crippen molar-refractivity contribution in [2.45, 2.75) is 25.2 Å². The van der Waals surface area contributed by atoms with Gasteiger partial charge in [-0.15, -0.1) is 0 Å². The van der Waals surface area contributed by atoms with Crippen LogP contribution in [0.1, 0.15) is 17.0 Å². The number of ether oxygens (including phenoxy) is 2. The number of sulfonamides is 1. The lowest BCUT2D eigenvalue weighted by Crippen LogP contribution is -2.39. The molecule has 1 heterocycles. The SMILES string of the molecule is COc1cc(NC(=S)NC(=NCCc2ccc(S(N)(=O)=O)cc2)Nc2nc(C)cc(C)n2)c(OC)cc1Cl. The predicted octanol–water partition coefficient (Wildman–Crippen LogP) is 3.41. The van der Waals surface area contributed by atoms with E-state index in [2.05, 4.69) is 30.9 Å². The summed E-state index contributed by atoms with van der Waals surface area (Å²) in [5.74, 6) is 1.56. The maximum absolute atomic E-state index is 11.5. The van der Waals surface area contributed by atoms with Crippen LogP contribution in [0.3, 0.4) is 0 Å². The molecule has 0 aliphatic carbocycles. The third kappa shape index (κ3) is 8.25. The molecule has 14 heteroatoms. The molecule has 0 bridgehead atoms. The van der Waals surface area contributed by atoms with Crippen LogP contribution in [-0.4, -0.2) is 50.2 Å². The van der Waals surface area contributed by atoms with Crippen molar-refractivity contribution in [1.82, 2.24) is 15.3 Å². The Balaban J connectivity index is 1.79. The number of aromatic nitrogens is 2. The minimum absolute atomic E-state index is 0.0476. The van der Waals surface area contributed by atoms with Crippen LogP contribution in [0, 0.1) is 13.8 Å². The molecule has 0 atom stereocenters. The second-order valence-corrected chi connectivity index (χ2v) is 10.4. The van der Waals surface area contributed by atoms with E-state index in [9.17, 15) is 8.42 Å². The van der Waals surface area contributed by atoms with E-state index in [1.165, 1.54) is 26.4 Å². The highest BCUT2D eigenvalue weighted by Gasteiger charge is 2.13. The molecule has 202 valence electrons. The minimum atomic E-state index is -3.75. The summed E-state index contributed by atoms with van der Waals surface area (Å²) in [5, 5.41) is 14.9. The van der Waals surface area contributed by atoms with Crippen LogP contribution in [0.5, 0.6) is 11.5 Å². The zero-order valence-electron chi connectivity index (χ0n) is 21.2. The van der Waals surface area contributed by atoms with Crippen molar-refractivity contribution in [2.75, 3.05) is 31.4 Å². The standard InChI is InChI=1S/C24H28ClN7O4S2/c1-14-11-15(2)29-23(28-14)31-22(27-10-9-16-5-7-17(8-6-16)38(26,33)34)32-24(37)30-19-13-20(35-3)18(25)12-21(19)36-4/h5-8,11-13H,9-10H2,1-4H3,(H2,26,33,34)(H3,27,28,29,30,31,32,37). The number of hydrogen-bond acceptors (Lipinski definition) is 8. The van der Waals surface area contributed by atoms with Crippen LogP contribution in [0.25, 0.3) is 0 Å². The van der Waals surface area contributed by atoms with E-state index >= 15 is 0 Å². The molecule has 0 aliphatic heterocycles. The zero-order valence-corrected chi connectivity index (χ0v) is 23.6. The second-order valence-electron chi connectivity index (χ2n) is 8.03. The van der Waals surface area contributed by atoms with E-state index < -0.39 is 10.0 Å². The number of primary sulfonamides is 1. The van der Waals surface area contributed by atoms with Crippen LogP contribution in [0.2, 0.25) is 5.02 Å². The molecule has 5 N–H and O–H groups in total. The topological polar surface area (TPSA) is 153 Å². The van der Waals surface area contributed by atoms with Gasteiger partial charge >= 0.3 is 0 Å². The van der Waals surface area contributed by atoms with Crippen LogP contribution in [-0.2, 0) is 16.4 Å². The molecule has 0 amide bonds. The Bertz CT molecular complexity index is 1430. The summed E-state index contributed by atoms with van der Waals surface area (Å²) in [6.45, 7) is 4.07. The number of methoxy groups -OCH3 is 2. The number of thiocarbonyl (C=S) groups is 1. The maximum atomic E-state index is 11.5. The van der Waals surface area contributed by atoms with Crippen LogP contribution < -0.4 is 30.6 Å². The first-order valence-electron chi connectivity index (χ1n) is 11.2. The molecule has 0 radical (unpaired) electrons. The van der Waals surface area contributed by atoms with Gasteiger partial charge in [0.05, 0.1) is 29.8 Å². The van der Waals surface area contributed by atoms with Gasteiger partial charge in [0.1, 0.15) is 11.5 Å². The summed E-state index contributed by atoms with van der Waals surface area (Å²) in [5.41, 5.74) is 2.98. The number of aliphatic imine (C=N–C) groups is 1. The summed E-state index contributed by atoms with van der Waals surface area (Å²) in [6.07, 6.45) is 0.522. The zero-order chi connectivity index (χ0) is 27.9. The van der Waals surface area contributed by atoms with E-state index in [0.717, 1.165) is 17.0 Å². The van der Waals surface area contributed by atoms with E-state index in [-0.39, 0.29) is 10.0 Å². The maximum Gasteiger partial charge on any atom is 0.238 e. The lowest BCUT2D eigenvalue weighted by atomic mass is 10.1.